The van der Waals surface area contributed by atoms with E-state index in [9.17, 15) is 8.42 Å². The highest BCUT2D eigenvalue weighted by Gasteiger charge is 2.37. The van der Waals surface area contributed by atoms with E-state index in [1.807, 2.05) is 0 Å². The first-order chi connectivity index (χ1) is 7.50. The van der Waals surface area contributed by atoms with Crippen LogP contribution in [0.5, 0.6) is 0 Å². The van der Waals surface area contributed by atoms with Gasteiger partial charge < -0.3 is 10.1 Å². The monoisotopic (exact) mass is 249 g/mol. The Hall–Kier alpha value is -0.130. The van der Waals surface area contributed by atoms with Crippen LogP contribution in [-0.2, 0) is 14.6 Å². The van der Waals surface area contributed by atoms with Crippen molar-refractivity contribution in [3.8, 4) is 0 Å². The smallest absolute Gasteiger partial charge is 0.159 e. The molecular formula is C11H23NO3S. The van der Waals surface area contributed by atoms with Crippen molar-refractivity contribution in [3.63, 3.8) is 0 Å². The molecule has 5 heteroatoms. The van der Waals surface area contributed by atoms with Gasteiger partial charge in [-0.2, -0.15) is 0 Å². The SMILES string of the molecule is CCCNC1CCOCC1S(=O)(=O)C(C)C. The Bertz CT molecular complexity index is 300. The predicted octanol–water partition coefficient (Wildman–Crippen LogP) is 0.967. The zero-order chi connectivity index (χ0) is 12.2. The summed E-state index contributed by atoms with van der Waals surface area (Å²) >= 11 is 0. The van der Waals surface area contributed by atoms with E-state index >= 15 is 0 Å². The Kier molecular flexibility index (Phi) is 5.21. The summed E-state index contributed by atoms with van der Waals surface area (Å²) in [5.41, 5.74) is 0. The van der Waals surface area contributed by atoms with Gasteiger partial charge in [0.2, 0.25) is 0 Å². The molecule has 1 aliphatic rings. The quantitative estimate of drug-likeness (QED) is 0.789. The van der Waals surface area contributed by atoms with Crippen molar-refractivity contribution in [2.45, 2.75) is 50.2 Å². The molecule has 0 amide bonds. The number of sulfone groups is 1. The first-order valence-corrected chi connectivity index (χ1v) is 7.65. The van der Waals surface area contributed by atoms with Crippen molar-refractivity contribution in [2.24, 2.45) is 0 Å². The number of rotatable bonds is 5. The molecule has 96 valence electrons. The van der Waals surface area contributed by atoms with Crippen LogP contribution in [0.3, 0.4) is 0 Å². The van der Waals surface area contributed by atoms with Gasteiger partial charge in [0.1, 0.15) is 5.25 Å². The van der Waals surface area contributed by atoms with Crippen molar-refractivity contribution in [1.82, 2.24) is 5.32 Å². The maximum Gasteiger partial charge on any atom is 0.159 e. The Labute approximate surface area is 98.7 Å². The predicted molar refractivity (Wildman–Crippen MR) is 65.4 cm³/mol. The molecule has 4 nitrogen and oxygen atoms in total. The van der Waals surface area contributed by atoms with E-state index in [-0.39, 0.29) is 16.5 Å². The zero-order valence-electron chi connectivity index (χ0n) is 10.4. The lowest BCUT2D eigenvalue weighted by molar-refractivity contribution is 0.0806. The molecule has 0 radical (unpaired) electrons. The van der Waals surface area contributed by atoms with Gasteiger partial charge in [0.15, 0.2) is 9.84 Å². The Morgan fingerprint density at radius 1 is 1.44 bits per heavy atom. The van der Waals surface area contributed by atoms with E-state index in [0.29, 0.717) is 13.2 Å². The van der Waals surface area contributed by atoms with Gasteiger partial charge >= 0.3 is 0 Å². The topological polar surface area (TPSA) is 55.4 Å². The molecule has 1 N–H and O–H groups in total. The fraction of sp³-hybridized carbons (Fsp3) is 1.00. The first kappa shape index (κ1) is 13.9. The lowest BCUT2D eigenvalue weighted by Gasteiger charge is -2.33. The van der Waals surface area contributed by atoms with E-state index in [4.69, 9.17) is 4.74 Å². The third kappa shape index (κ3) is 3.18. The molecule has 1 heterocycles. The highest BCUT2D eigenvalue weighted by Crippen LogP contribution is 2.19. The van der Waals surface area contributed by atoms with Gasteiger partial charge in [-0.25, -0.2) is 8.42 Å². The summed E-state index contributed by atoms with van der Waals surface area (Å²) in [7, 11) is -3.07. The number of nitrogens with one attached hydrogen (secondary N) is 1. The van der Waals surface area contributed by atoms with Gasteiger partial charge in [-0.3, -0.25) is 0 Å². The molecule has 1 saturated heterocycles. The molecule has 0 saturated carbocycles. The number of ether oxygens (including phenoxy) is 1. The summed E-state index contributed by atoms with van der Waals surface area (Å²) in [6.07, 6.45) is 1.81. The van der Waals surface area contributed by atoms with Crippen LogP contribution in [0.4, 0.5) is 0 Å². The molecule has 2 unspecified atom stereocenters. The molecule has 1 rings (SSSR count). The first-order valence-electron chi connectivity index (χ1n) is 6.04. The van der Waals surface area contributed by atoms with Gasteiger partial charge in [-0.1, -0.05) is 6.92 Å². The molecule has 2 atom stereocenters. The summed E-state index contributed by atoms with van der Waals surface area (Å²) in [6, 6.07) is 0.0566. The van der Waals surface area contributed by atoms with E-state index in [0.717, 1.165) is 19.4 Å². The van der Waals surface area contributed by atoms with Gasteiger partial charge in [0, 0.05) is 12.6 Å². The fourth-order valence-corrected chi connectivity index (χ4v) is 3.62. The zero-order valence-corrected chi connectivity index (χ0v) is 11.2. The van der Waals surface area contributed by atoms with Crippen molar-refractivity contribution in [1.29, 1.82) is 0 Å². The second-order valence-electron chi connectivity index (χ2n) is 4.60. The van der Waals surface area contributed by atoms with E-state index in [2.05, 4.69) is 12.2 Å². The van der Waals surface area contributed by atoms with Crippen LogP contribution in [-0.4, -0.2) is 44.7 Å². The summed E-state index contributed by atoms with van der Waals surface area (Å²) < 4.78 is 29.6. The van der Waals surface area contributed by atoms with Crippen molar-refractivity contribution < 1.29 is 13.2 Å². The molecule has 0 aliphatic carbocycles. The normalized spacial score (nSPS) is 27.2. The molecular weight excluding hydrogens is 226 g/mol. The molecule has 0 bridgehead atoms. The Balaban J connectivity index is 2.74. The van der Waals surface area contributed by atoms with Crippen LogP contribution in [0, 0.1) is 0 Å². The van der Waals surface area contributed by atoms with E-state index in [1.165, 1.54) is 0 Å². The van der Waals surface area contributed by atoms with Gasteiger partial charge in [0.05, 0.1) is 11.9 Å². The summed E-state index contributed by atoms with van der Waals surface area (Å²) in [6.45, 7) is 7.42. The van der Waals surface area contributed by atoms with Crippen LogP contribution in [0.1, 0.15) is 33.6 Å². The molecule has 0 spiro atoms. The standard InChI is InChI=1S/C11H23NO3S/c1-4-6-12-10-5-7-15-8-11(10)16(13,14)9(2)3/h9-12H,4-8H2,1-3H3. The molecule has 0 aromatic carbocycles. The molecule has 0 aromatic rings. The van der Waals surface area contributed by atoms with Crippen molar-refractivity contribution in [2.75, 3.05) is 19.8 Å². The van der Waals surface area contributed by atoms with Crippen LogP contribution < -0.4 is 5.32 Å². The van der Waals surface area contributed by atoms with E-state index in [1.54, 1.807) is 13.8 Å². The molecule has 0 aromatic heterocycles. The maximum atomic E-state index is 12.1. The highest BCUT2D eigenvalue weighted by molar-refractivity contribution is 7.92. The minimum absolute atomic E-state index is 0.0566. The number of hydrogen-bond donors (Lipinski definition) is 1. The molecule has 1 aliphatic heterocycles. The molecule has 16 heavy (non-hydrogen) atoms. The second kappa shape index (κ2) is 5.98. The van der Waals surface area contributed by atoms with Crippen LogP contribution in [0.25, 0.3) is 0 Å². The third-order valence-electron chi connectivity index (χ3n) is 3.04. The summed E-state index contributed by atoms with van der Waals surface area (Å²) in [4.78, 5) is 0. The Morgan fingerprint density at radius 3 is 2.69 bits per heavy atom. The van der Waals surface area contributed by atoms with Crippen LogP contribution in [0.15, 0.2) is 0 Å². The summed E-state index contributed by atoms with van der Waals surface area (Å²) in [5.74, 6) is 0. The fourth-order valence-electron chi connectivity index (χ4n) is 1.95. The van der Waals surface area contributed by atoms with E-state index < -0.39 is 9.84 Å². The lowest BCUT2D eigenvalue weighted by Crippen LogP contribution is -2.52. The van der Waals surface area contributed by atoms with Gasteiger partial charge in [-0.05, 0) is 33.2 Å². The minimum atomic E-state index is -3.07. The highest BCUT2D eigenvalue weighted by atomic mass is 32.2. The minimum Gasteiger partial charge on any atom is -0.380 e. The van der Waals surface area contributed by atoms with Crippen molar-refractivity contribution in [3.05, 3.63) is 0 Å². The third-order valence-corrected chi connectivity index (χ3v) is 5.66. The lowest BCUT2D eigenvalue weighted by atomic mass is 10.1. The molecule has 1 fully saturated rings. The summed E-state index contributed by atoms with van der Waals surface area (Å²) in [5, 5.41) is 2.61. The van der Waals surface area contributed by atoms with Crippen molar-refractivity contribution >= 4 is 9.84 Å². The van der Waals surface area contributed by atoms with Crippen LogP contribution in [0.2, 0.25) is 0 Å². The number of hydrogen-bond acceptors (Lipinski definition) is 4. The second-order valence-corrected chi connectivity index (χ2v) is 7.33. The largest absolute Gasteiger partial charge is 0.380 e. The Morgan fingerprint density at radius 2 is 2.12 bits per heavy atom. The van der Waals surface area contributed by atoms with Crippen LogP contribution >= 0.6 is 0 Å². The average molecular weight is 249 g/mol. The van der Waals surface area contributed by atoms with Gasteiger partial charge in [-0.15, -0.1) is 0 Å². The van der Waals surface area contributed by atoms with Gasteiger partial charge in [0.25, 0.3) is 0 Å². The maximum absolute atomic E-state index is 12.1. The average Bonchev–Trinajstić information content (AvgIpc) is 2.26.